The molecule has 1 aromatic heterocycles. The number of hydrogen-bond donors (Lipinski definition) is 1. The van der Waals surface area contributed by atoms with Crippen molar-refractivity contribution in [2.24, 2.45) is 12.5 Å². The Morgan fingerprint density at radius 2 is 2.24 bits per heavy atom. The largest absolute Gasteiger partial charge is 0.316 e. The lowest BCUT2D eigenvalue weighted by Crippen LogP contribution is -2.21. The van der Waals surface area contributed by atoms with E-state index in [9.17, 15) is 0 Å². The van der Waals surface area contributed by atoms with Crippen LogP contribution in [0, 0.1) is 16.7 Å². The van der Waals surface area contributed by atoms with Gasteiger partial charge in [-0.3, -0.25) is 4.68 Å². The number of aryl methyl sites for hydroxylation is 1. The molecule has 4 nitrogen and oxygen atoms in total. The van der Waals surface area contributed by atoms with Crippen molar-refractivity contribution in [2.75, 3.05) is 13.1 Å². The van der Waals surface area contributed by atoms with Gasteiger partial charge in [-0.1, -0.05) is 0 Å². The fraction of sp³-hybridized carbons (Fsp3) is 0.692. The monoisotopic (exact) mass is 234 g/mol. The van der Waals surface area contributed by atoms with Gasteiger partial charge in [-0.05, 0) is 39.3 Å². The predicted molar refractivity (Wildman–Crippen MR) is 68.4 cm³/mol. The second-order valence-electron chi connectivity index (χ2n) is 5.05. The molecule has 0 atom stereocenters. The Morgan fingerprint density at radius 1 is 1.47 bits per heavy atom. The number of rotatable bonds is 7. The van der Waals surface area contributed by atoms with Crippen molar-refractivity contribution in [3.05, 3.63) is 18.0 Å². The SMILES string of the molecule is Cn1nccc1CCNCCCC(C)(C)C#N. The second-order valence-corrected chi connectivity index (χ2v) is 5.05. The third-order valence-electron chi connectivity index (χ3n) is 2.94. The third kappa shape index (κ3) is 5.01. The summed E-state index contributed by atoms with van der Waals surface area (Å²) in [6.07, 6.45) is 4.82. The number of aromatic nitrogens is 2. The standard InChI is InChI=1S/C13H22N4/c1-13(2,11-14)7-4-8-15-9-5-12-6-10-16-17(12)3/h6,10,15H,4-5,7-9H2,1-3H3. The van der Waals surface area contributed by atoms with E-state index < -0.39 is 0 Å². The van der Waals surface area contributed by atoms with Crippen LogP contribution in [0.25, 0.3) is 0 Å². The van der Waals surface area contributed by atoms with Crippen molar-refractivity contribution in [2.45, 2.75) is 33.1 Å². The zero-order chi connectivity index (χ0) is 12.7. The Bertz CT molecular complexity index is 373. The van der Waals surface area contributed by atoms with Gasteiger partial charge >= 0.3 is 0 Å². The van der Waals surface area contributed by atoms with Gasteiger partial charge in [-0.15, -0.1) is 0 Å². The number of hydrogen-bond acceptors (Lipinski definition) is 3. The maximum Gasteiger partial charge on any atom is 0.0683 e. The summed E-state index contributed by atoms with van der Waals surface area (Å²) < 4.78 is 1.90. The normalized spacial score (nSPS) is 11.4. The van der Waals surface area contributed by atoms with Gasteiger partial charge in [0.05, 0.1) is 11.5 Å². The topological polar surface area (TPSA) is 53.6 Å². The average molecular weight is 234 g/mol. The van der Waals surface area contributed by atoms with Crippen molar-refractivity contribution < 1.29 is 0 Å². The molecule has 1 rings (SSSR count). The summed E-state index contributed by atoms with van der Waals surface area (Å²) in [5.41, 5.74) is 1.05. The molecule has 0 saturated heterocycles. The number of nitriles is 1. The Kier molecular flexibility index (Phi) is 5.17. The Labute approximate surface area is 104 Å². The van der Waals surface area contributed by atoms with Crippen LogP contribution in [0.2, 0.25) is 0 Å². The molecule has 1 heterocycles. The smallest absolute Gasteiger partial charge is 0.0683 e. The molecule has 0 aliphatic rings. The Morgan fingerprint density at radius 3 is 2.82 bits per heavy atom. The molecule has 0 aromatic carbocycles. The minimum Gasteiger partial charge on any atom is -0.316 e. The van der Waals surface area contributed by atoms with Crippen molar-refractivity contribution in [3.8, 4) is 6.07 Å². The molecule has 1 N–H and O–H groups in total. The number of nitrogens with zero attached hydrogens (tertiary/aromatic N) is 3. The van der Waals surface area contributed by atoms with Crippen LogP contribution in [0.5, 0.6) is 0 Å². The van der Waals surface area contributed by atoms with E-state index in [1.165, 1.54) is 5.69 Å². The van der Waals surface area contributed by atoms with E-state index in [4.69, 9.17) is 5.26 Å². The molecule has 0 spiro atoms. The fourth-order valence-electron chi connectivity index (χ4n) is 1.70. The lowest BCUT2D eigenvalue weighted by atomic mass is 9.90. The Balaban J connectivity index is 2.06. The van der Waals surface area contributed by atoms with E-state index in [1.54, 1.807) is 0 Å². The van der Waals surface area contributed by atoms with E-state index in [1.807, 2.05) is 37.8 Å². The first-order valence-electron chi connectivity index (χ1n) is 6.14. The molecule has 1 aromatic rings. The maximum absolute atomic E-state index is 8.87. The first-order valence-corrected chi connectivity index (χ1v) is 6.14. The van der Waals surface area contributed by atoms with Crippen molar-refractivity contribution >= 4 is 0 Å². The highest BCUT2D eigenvalue weighted by molar-refractivity contribution is 5.00. The molecule has 0 aliphatic carbocycles. The minimum absolute atomic E-state index is 0.191. The van der Waals surface area contributed by atoms with Gasteiger partial charge in [0.2, 0.25) is 0 Å². The number of nitrogens with one attached hydrogen (secondary N) is 1. The fourth-order valence-corrected chi connectivity index (χ4v) is 1.70. The van der Waals surface area contributed by atoms with Crippen LogP contribution in [0.15, 0.2) is 12.3 Å². The van der Waals surface area contributed by atoms with Gasteiger partial charge in [0.15, 0.2) is 0 Å². The summed E-state index contributed by atoms with van der Waals surface area (Å²) in [4.78, 5) is 0. The highest BCUT2D eigenvalue weighted by Crippen LogP contribution is 2.19. The van der Waals surface area contributed by atoms with Gasteiger partial charge in [0, 0.05) is 31.9 Å². The maximum atomic E-state index is 8.87. The van der Waals surface area contributed by atoms with Crippen molar-refractivity contribution in [3.63, 3.8) is 0 Å². The quantitative estimate of drug-likeness (QED) is 0.733. The summed E-state index contributed by atoms with van der Waals surface area (Å²) >= 11 is 0. The molecule has 0 fully saturated rings. The average Bonchev–Trinajstić information content (AvgIpc) is 2.69. The molecule has 0 radical (unpaired) electrons. The highest BCUT2D eigenvalue weighted by atomic mass is 15.3. The van der Waals surface area contributed by atoms with Crippen molar-refractivity contribution in [1.82, 2.24) is 15.1 Å². The van der Waals surface area contributed by atoms with E-state index >= 15 is 0 Å². The van der Waals surface area contributed by atoms with Crippen LogP contribution in [-0.4, -0.2) is 22.9 Å². The highest BCUT2D eigenvalue weighted by Gasteiger charge is 2.15. The van der Waals surface area contributed by atoms with Crippen LogP contribution < -0.4 is 5.32 Å². The molecule has 0 unspecified atom stereocenters. The minimum atomic E-state index is -0.191. The third-order valence-corrected chi connectivity index (χ3v) is 2.94. The van der Waals surface area contributed by atoms with Gasteiger partial charge in [-0.2, -0.15) is 10.4 Å². The predicted octanol–water partition coefficient (Wildman–Crippen LogP) is 1.88. The zero-order valence-electron chi connectivity index (χ0n) is 11.0. The van der Waals surface area contributed by atoms with E-state index in [2.05, 4.69) is 16.5 Å². The van der Waals surface area contributed by atoms with Crippen LogP contribution in [0.3, 0.4) is 0 Å². The second kappa shape index (κ2) is 6.41. The van der Waals surface area contributed by atoms with E-state index in [0.29, 0.717) is 0 Å². The molecular formula is C13H22N4. The zero-order valence-corrected chi connectivity index (χ0v) is 11.0. The van der Waals surface area contributed by atoms with Gasteiger partial charge in [0.1, 0.15) is 0 Å². The van der Waals surface area contributed by atoms with Crippen LogP contribution in [0.1, 0.15) is 32.4 Å². The first kappa shape index (κ1) is 13.7. The molecule has 0 bridgehead atoms. The summed E-state index contributed by atoms with van der Waals surface area (Å²) in [5, 5.41) is 16.4. The van der Waals surface area contributed by atoms with Gasteiger partial charge < -0.3 is 5.32 Å². The molecular weight excluding hydrogens is 212 g/mol. The summed E-state index contributed by atoms with van der Waals surface area (Å²) in [6.45, 7) is 5.92. The molecule has 0 aliphatic heterocycles. The molecule has 0 amide bonds. The van der Waals surface area contributed by atoms with Crippen LogP contribution in [-0.2, 0) is 13.5 Å². The lowest BCUT2D eigenvalue weighted by molar-refractivity contribution is 0.426. The molecule has 94 valence electrons. The van der Waals surface area contributed by atoms with Crippen LogP contribution >= 0.6 is 0 Å². The molecule has 4 heteroatoms. The summed E-state index contributed by atoms with van der Waals surface area (Å²) in [5.74, 6) is 0. The van der Waals surface area contributed by atoms with E-state index in [0.717, 1.165) is 32.4 Å². The lowest BCUT2D eigenvalue weighted by Gasteiger charge is -2.14. The van der Waals surface area contributed by atoms with Crippen LogP contribution in [0.4, 0.5) is 0 Å². The van der Waals surface area contributed by atoms with E-state index in [-0.39, 0.29) is 5.41 Å². The van der Waals surface area contributed by atoms with Crippen molar-refractivity contribution in [1.29, 1.82) is 5.26 Å². The molecule has 17 heavy (non-hydrogen) atoms. The summed E-state index contributed by atoms with van der Waals surface area (Å²) in [7, 11) is 1.96. The Hall–Kier alpha value is -1.34. The molecule has 0 saturated carbocycles. The van der Waals surface area contributed by atoms with Gasteiger partial charge in [-0.25, -0.2) is 0 Å². The first-order chi connectivity index (χ1) is 8.05. The van der Waals surface area contributed by atoms with Gasteiger partial charge in [0.25, 0.3) is 0 Å². The summed E-state index contributed by atoms with van der Waals surface area (Å²) in [6, 6.07) is 4.36.